The summed E-state index contributed by atoms with van der Waals surface area (Å²) in [7, 11) is 1.64. The molecule has 142 valence electrons. The number of piperidine rings is 1. The molecule has 1 aromatic rings. The zero-order valence-corrected chi connectivity index (χ0v) is 15.8. The molecular weight excluding hydrogens is 346 g/mol. The van der Waals surface area contributed by atoms with Gasteiger partial charge >= 0.3 is 5.97 Å². The van der Waals surface area contributed by atoms with Gasteiger partial charge in [-0.2, -0.15) is 0 Å². The van der Waals surface area contributed by atoms with E-state index in [0.29, 0.717) is 18.1 Å². The highest BCUT2D eigenvalue weighted by atomic mass is 16.6. The maximum Gasteiger partial charge on any atom is 0.307 e. The number of amides is 1. The lowest BCUT2D eigenvalue weighted by Crippen LogP contribution is -2.65. The molecule has 0 saturated carbocycles. The molecule has 1 spiro atoms. The number of rotatable bonds is 2. The first-order chi connectivity index (χ1) is 13.0. The summed E-state index contributed by atoms with van der Waals surface area (Å²) in [6.45, 7) is 3.76. The van der Waals surface area contributed by atoms with Crippen molar-refractivity contribution in [3.63, 3.8) is 0 Å². The van der Waals surface area contributed by atoms with Crippen molar-refractivity contribution in [2.45, 2.75) is 50.7 Å². The van der Waals surface area contributed by atoms with Crippen LogP contribution in [-0.4, -0.2) is 42.6 Å². The minimum absolute atomic E-state index is 0.122. The van der Waals surface area contributed by atoms with Gasteiger partial charge in [-0.1, -0.05) is 6.07 Å². The minimum Gasteiger partial charge on any atom is -0.493 e. The Morgan fingerprint density at radius 3 is 2.81 bits per heavy atom. The molecule has 0 N–H and O–H groups in total. The van der Waals surface area contributed by atoms with E-state index in [2.05, 4.69) is 6.07 Å². The minimum atomic E-state index is -0.345. The second-order valence-corrected chi connectivity index (χ2v) is 7.95. The lowest BCUT2D eigenvalue weighted by molar-refractivity contribution is -0.142. The predicted octanol–water partition coefficient (Wildman–Crippen LogP) is 2.34. The van der Waals surface area contributed by atoms with Crippen molar-refractivity contribution in [3.8, 4) is 11.5 Å². The van der Waals surface area contributed by atoms with Crippen molar-refractivity contribution < 1.29 is 23.8 Å². The van der Waals surface area contributed by atoms with Crippen LogP contribution in [0.1, 0.15) is 37.8 Å². The second kappa shape index (κ2) is 5.50. The molecule has 0 radical (unpaired) electrons. The van der Waals surface area contributed by atoms with Crippen LogP contribution in [0.25, 0.3) is 0 Å². The molecule has 6 heteroatoms. The standard InChI is InChI=1S/C21H23NO5/c1-11(23)22-9-8-21-14-5-7-17(26-12(2)24)20(21)27-19-16(25-3)6-4-13(18(19)21)10-15(14)22/h4,6-7,14-15,20H,5,8-10H2,1-3H3/t14-,15+,20-,21?/m1/s1. The number of esters is 1. The summed E-state index contributed by atoms with van der Waals surface area (Å²) in [5.74, 6) is 2.12. The number of hydrogen-bond acceptors (Lipinski definition) is 5. The van der Waals surface area contributed by atoms with Gasteiger partial charge in [-0.15, -0.1) is 0 Å². The zero-order valence-electron chi connectivity index (χ0n) is 15.8. The fourth-order valence-corrected chi connectivity index (χ4v) is 5.93. The third-order valence-electron chi connectivity index (χ3n) is 6.82. The Morgan fingerprint density at radius 1 is 1.30 bits per heavy atom. The van der Waals surface area contributed by atoms with Crippen molar-refractivity contribution in [3.05, 3.63) is 35.1 Å². The molecule has 27 heavy (non-hydrogen) atoms. The summed E-state index contributed by atoms with van der Waals surface area (Å²) in [4.78, 5) is 26.0. The molecule has 4 atom stereocenters. The number of carbonyl (C=O) groups excluding carboxylic acids is 2. The van der Waals surface area contributed by atoms with Crippen LogP contribution in [-0.2, 0) is 26.2 Å². The Bertz CT molecular complexity index is 891. The molecule has 1 fully saturated rings. The van der Waals surface area contributed by atoms with E-state index in [-0.39, 0.29) is 35.4 Å². The van der Waals surface area contributed by atoms with Crippen LogP contribution in [0.4, 0.5) is 0 Å². The number of allylic oxidation sites excluding steroid dienone is 1. The number of methoxy groups -OCH3 is 1. The summed E-state index contributed by atoms with van der Waals surface area (Å²) in [5.41, 5.74) is 2.15. The highest BCUT2D eigenvalue weighted by molar-refractivity contribution is 5.75. The van der Waals surface area contributed by atoms with Crippen molar-refractivity contribution in [2.24, 2.45) is 5.92 Å². The first-order valence-corrected chi connectivity index (χ1v) is 9.50. The lowest BCUT2D eigenvalue weighted by Gasteiger charge is -2.57. The maximum atomic E-state index is 12.3. The highest BCUT2D eigenvalue weighted by Crippen LogP contribution is 2.63. The van der Waals surface area contributed by atoms with Crippen molar-refractivity contribution in [1.29, 1.82) is 0 Å². The largest absolute Gasteiger partial charge is 0.493 e. The molecule has 2 bridgehead atoms. The molecule has 4 aliphatic rings. The van der Waals surface area contributed by atoms with Gasteiger partial charge < -0.3 is 19.1 Å². The van der Waals surface area contributed by atoms with E-state index in [9.17, 15) is 9.59 Å². The van der Waals surface area contributed by atoms with E-state index in [4.69, 9.17) is 14.2 Å². The molecule has 1 saturated heterocycles. The van der Waals surface area contributed by atoms with E-state index in [1.165, 1.54) is 18.1 Å². The average molecular weight is 369 g/mol. The molecule has 0 aromatic heterocycles. The SMILES string of the molecule is COc1ccc2c3c1O[C@@H]1C(OC(C)=O)=CC[C@@H]4[C@H](C2)N(C(C)=O)CCC314. The first kappa shape index (κ1) is 16.7. The maximum absolute atomic E-state index is 12.3. The van der Waals surface area contributed by atoms with E-state index >= 15 is 0 Å². The van der Waals surface area contributed by atoms with Gasteiger partial charge in [0.15, 0.2) is 17.6 Å². The van der Waals surface area contributed by atoms with E-state index in [0.717, 1.165) is 25.0 Å². The quantitative estimate of drug-likeness (QED) is 0.749. The first-order valence-electron chi connectivity index (χ1n) is 9.50. The highest BCUT2D eigenvalue weighted by Gasteiger charge is 2.65. The van der Waals surface area contributed by atoms with Gasteiger partial charge in [-0.3, -0.25) is 9.59 Å². The fourth-order valence-electron chi connectivity index (χ4n) is 5.93. The Labute approximate surface area is 158 Å². The van der Waals surface area contributed by atoms with Gasteiger partial charge in [-0.05, 0) is 42.9 Å². The smallest absolute Gasteiger partial charge is 0.307 e. The van der Waals surface area contributed by atoms with Crippen LogP contribution in [0.3, 0.4) is 0 Å². The summed E-state index contributed by atoms with van der Waals surface area (Å²) in [5, 5.41) is 0. The Morgan fingerprint density at radius 2 is 2.11 bits per heavy atom. The van der Waals surface area contributed by atoms with E-state index in [1.807, 2.05) is 17.0 Å². The van der Waals surface area contributed by atoms with Crippen LogP contribution in [0, 0.1) is 5.92 Å². The van der Waals surface area contributed by atoms with Crippen LogP contribution in [0.5, 0.6) is 11.5 Å². The summed E-state index contributed by atoms with van der Waals surface area (Å²) >= 11 is 0. The molecule has 2 aliphatic heterocycles. The third-order valence-corrected chi connectivity index (χ3v) is 6.82. The number of carbonyl (C=O) groups is 2. The number of hydrogen-bond donors (Lipinski definition) is 0. The summed E-state index contributed by atoms with van der Waals surface area (Å²) in [6.07, 6.45) is 4.03. The number of ether oxygens (including phenoxy) is 3. The molecule has 6 nitrogen and oxygen atoms in total. The van der Waals surface area contributed by atoms with Gasteiger partial charge in [0.05, 0.1) is 12.5 Å². The topological polar surface area (TPSA) is 65.1 Å². The van der Waals surface area contributed by atoms with Crippen LogP contribution in [0.2, 0.25) is 0 Å². The zero-order chi connectivity index (χ0) is 18.9. The summed E-state index contributed by atoms with van der Waals surface area (Å²) in [6, 6.07) is 4.18. The number of nitrogens with zero attached hydrogens (tertiary/aromatic N) is 1. The fraction of sp³-hybridized carbons (Fsp3) is 0.524. The monoisotopic (exact) mass is 369 g/mol. The van der Waals surface area contributed by atoms with Crippen molar-refractivity contribution in [1.82, 2.24) is 4.90 Å². The van der Waals surface area contributed by atoms with Gasteiger partial charge in [0.1, 0.15) is 5.76 Å². The van der Waals surface area contributed by atoms with E-state index in [1.54, 1.807) is 14.0 Å². The Kier molecular flexibility index (Phi) is 3.39. The molecule has 1 aromatic carbocycles. The van der Waals surface area contributed by atoms with Crippen LogP contribution >= 0.6 is 0 Å². The van der Waals surface area contributed by atoms with Gasteiger partial charge in [0.25, 0.3) is 0 Å². The Hall–Kier alpha value is -2.50. The van der Waals surface area contributed by atoms with Crippen LogP contribution < -0.4 is 9.47 Å². The lowest BCUT2D eigenvalue weighted by atomic mass is 9.53. The van der Waals surface area contributed by atoms with Crippen molar-refractivity contribution in [2.75, 3.05) is 13.7 Å². The Balaban J connectivity index is 1.73. The molecule has 1 unspecified atom stereocenters. The van der Waals surface area contributed by atoms with Gasteiger partial charge in [0.2, 0.25) is 5.91 Å². The van der Waals surface area contributed by atoms with Gasteiger partial charge in [0, 0.05) is 32.0 Å². The van der Waals surface area contributed by atoms with Gasteiger partial charge in [-0.25, -0.2) is 0 Å². The van der Waals surface area contributed by atoms with Crippen LogP contribution in [0.15, 0.2) is 24.0 Å². The number of likely N-dealkylation sites (tertiary alicyclic amines) is 1. The third kappa shape index (κ3) is 2.01. The average Bonchev–Trinajstić information content (AvgIpc) is 2.96. The molecular formula is C21H23NO5. The molecule has 2 heterocycles. The number of benzene rings is 1. The predicted molar refractivity (Wildman–Crippen MR) is 96.5 cm³/mol. The summed E-state index contributed by atoms with van der Waals surface area (Å²) < 4.78 is 17.6. The molecule has 2 aliphatic carbocycles. The second-order valence-electron chi connectivity index (χ2n) is 7.95. The normalized spacial score (nSPS) is 32.2. The van der Waals surface area contributed by atoms with Crippen molar-refractivity contribution >= 4 is 11.9 Å². The van der Waals surface area contributed by atoms with E-state index < -0.39 is 0 Å². The molecule has 1 amide bonds. The molecule has 5 rings (SSSR count).